The number of carboxylic acid groups (broad SMARTS) is 2. The van der Waals surface area contributed by atoms with Crippen LogP contribution in [-0.4, -0.2) is 57.7 Å². The zero-order valence-corrected chi connectivity index (χ0v) is 23.5. The van der Waals surface area contributed by atoms with Gasteiger partial charge in [0.2, 0.25) is 11.8 Å². The van der Waals surface area contributed by atoms with Crippen LogP contribution in [0, 0.1) is 12.8 Å². The lowest BCUT2D eigenvalue weighted by Gasteiger charge is -2.34. The summed E-state index contributed by atoms with van der Waals surface area (Å²) >= 11 is 6.14. The first-order valence-corrected chi connectivity index (χ1v) is 14.0. The Kier molecular flexibility index (Phi) is 11.6. The van der Waals surface area contributed by atoms with Crippen LogP contribution in [0.2, 0.25) is 5.02 Å². The summed E-state index contributed by atoms with van der Waals surface area (Å²) in [5, 5.41) is 14.7. The molecule has 8 nitrogen and oxygen atoms in total. The fourth-order valence-electron chi connectivity index (χ4n) is 5.34. The summed E-state index contributed by atoms with van der Waals surface area (Å²) in [5.74, 6) is 1.35. The van der Waals surface area contributed by atoms with Gasteiger partial charge in [-0.3, -0.25) is 19.4 Å². The summed E-state index contributed by atoms with van der Waals surface area (Å²) in [6.45, 7) is 6.94. The molecular formula is C30H39ClN2O6. The smallest absolute Gasteiger partial charge is 0.491 e. The number of hydrogen-bond donors (Lipinski definition) is 2. The van der Waals surface area contributed by atoms with E-state index in [0.717, 1.165) is 35.3 Å². The van der Waals surface area contributed by atoms with Crippen molar-refractivity contribution < 1.29 is 29.3 Å². The van der Waals surface area contributed by atoms with Crippen LogP contribution in [0.4, 0.5) is 4.79 Å². The van der Waals surface area contributed by atoms with E-state index in [0.29, 0.717) is 32.0 Å². The number of ether oxygens (including phenoxy) is 1. The van der Waals surface area contributed by atoms with Crippen molar-refractivity contribution in [2.24, 2.45) is 5.92 Å². The molecule has 2 fully saturated rings. The van der Waals surface area contributed by atoms with Gasteiger partial charge in [-0.05, 0) is 67.5 Å². The lowest BCUT2D eigenvalue weighted by atomic mass is 9.88. The van der Waals surface area contributed by atoms with E-state index in [1.54, 1.807) is 0 Å². The molecule has 4 rings (SSSR count). The molecule has 1 heterocycles. The Labute approximate surface area is 235 Å². The van der Waals surface area contributed by atoms with Gasteiger partial charge >= 0.3 is 6.16 Å². The molecule has 0 radical (unpaired) electrons. The third-order valence-corrected chi connectivity index (χ3v) is 7.72. The highest BCUT2D eigenvalue weighted by Gasteiger charge is 2.28. The number of imide groups is 1. The molecule has 1 saturated carbocycles. The van der Waals surface area contributed by atoms with E-state index in [4.69, 9.17) is 31.3 Å². The summed E-state index contributed by atoms with van der Waals surface area (Å²) in [7, 11) is 0. The van der Waals surface area contributed by atoms with Gasteiger partial charge in [0.05, 0.1) is 6.54 Å². The van der Waals surface area contributed by atoms with Crippen molar-refractivity contribution in [3.05, 3.63) is 64.2 Å². The average molecular weight is 559 g/mol. The van der Waals surface area contributed by atoms with Crippen LogP contribution in [0.1, 0.15) is 74.6 Å². The number of halogens is 1. The molecule has 2 N–H and O–H groups in total. The van der Waals surface area contributed by atoms with Crippen molar-refractivity contribution in [2.75, 3.05) is 19.7 Å². The zero-order valence-electron chi connectivity index (χ0n) is 22.8. The van der Waals surface area contributed by atoms with E-state index in [-0.39, 0.29) is 11.8 Å². The third-order valence-electron chi connectivity index (χ3n) is 7.47. The number of benzene rings is 2. The van der Waals surface area contributed by atoms with Crippen molar-refractivity contribution in [1.82, 2.24) is 9.80 Å². The Hall–Kier alpha value is -3.10. The minimum atomic E-state index is -1.83. The lowest BCUT2D eigenvalue weighted by molar-refractivity contribution is -0.138. The average Bonchev–Trinajstić information content (AvgIpc) is 3.22. The molecule has 39 heavy (non-hydrogen) atoms. The van der Waals surface area contributed by atoms with Gasteiger partial charge in [0.25, 0.3) is 0 Å². The molecule has 0 bridgehead atoms. The van der Waals surface area contributed by atoms with E-state index < -0.39 is 6.16 Å². The van der Waals surface area contributed by atoms with Crippen LogP contribution in [0.5, 0.6) is 5.75 Å². The summed E-state index contributed by atoms with van der Waals surface area (Å²) in [6, 6.07) is 14.9. The second kappa shape index (κ2) is 14.9. The van der Waals surface area contributed by atoms with Crippen LogP contribution in [-0.2, 0) is 16.1 Å². The quantitative estimate of drug-likeness (QED) is 0.319. The summed E-state index contributed by atoms with van der Waals surface area (Å²) < 4.78 is 5.93. The van der Waals surface area contributed by atoms with Gasteiger partial charge in [0, 0.05) is 37.0 Å². The highest BCUT2D eigenvalue weighted by Crippen LogP contribution is 2.31. The van der Waals surface area contributed by atoms with Gasteiger partial charge in [0.15, 0.2) is 0 Å². The number of carbonyl (C=O) groups is 3. The molecule has 0 aromatic heterocycles. The molecule has 0 spiro atoms. The van der Waals surface area contributed by atoms with E-state index in [2.05, 4.69) is 43.0 Å². The van der Waals surface area contributed by atoms with E-state index in [1.807, 2.05) is 18.2 Å². The van der Waals surface area contributed by atoms with Gasteiger partial charge in [-0.25, -0.2) is 4.79 Å². The Morgan fingerprint density at radius 2 is 1.67 bits per heavy atom. The normalized spacial score (nSPS) is 16.7. The highest BCUT2D eigenvalue weighted by molar-refractivity contribution is 6.30. The topological polar surface area (TPSA) is 107 Å². The number of nitrogens with zero attached hydrogens (tertiary/aromatic N) is 2. The Morgan fingerprint density at radius 3 is 2.26 bits per heavy atom. The number of amides is 2. The predicted molar refractivity (Wildman–Crippen MR) is 150 cm³/mol. The maximum Gasteiger partial charge on any atom is 0.503 e. The second-order valence-electron chi connectivity index (χ2n) is 10.3. The van der Waals surface area contributed by atoms with E-state index >= 15 is 0 Å². The Morgan fingerprint density at radius 1 is 1.05 bits per heavy atom. The first-order chi connectivity index (χ1) is 18.6. The van der Waals surface area contributed by atoms with Gasteiger partial charge in [-0.2, -0.15) is 0 Å². The van der Waals surface area contributed by atoms with Crippen molar-refractivity contribution in [3.63, 3.8) is 0 Å². The SMILES string of the molecule is Cc1cc(CN(CC2CCCCC2)[C@@H](C)c2ccc(Cl)cc2)ccc1OCCN1C(=O)CCC1=O.O=C(O)O. The molecule has 1 aliphatic heterocycles. The van der Waals surface area contributed by atoms with Gasteiger partial charge < -0.3 is 14.9 Å². The van der Waals surface area contributed by atoms with Gasteiger partial charge in [-0.15, -0.1) is 0 Å². The minimum Gasteiger partial charge on any atom is -0.491 e. The number of hydrogen-bond acceptors (Lipinski definition) is 5. The zero-order chi connectivity index (χ0) is 28.4. The second-order valence-corrected chi connectivity index (χ2v) is 10.8. The third kappa shape index (κ3) is 9.55. The van der Waals surface area contributed by atoms with Gasteiger partial charge in [-0.1, -0.05) is 55.1 Å². The number of aryl methyl sites for hydroxylation is 1. The van der Waals surface area contributed by atoms with Gasteiger partial charge in [0.1, 0.15) is 12.4 Å². The Balaban J connectivity index is 0.000000983. The van der Waals surface area contributed by atoms with Crippen LogP contribution in [0.3, 0.4) is 0 Å². The maximum atomic E-state index is 11.8. The molecule has 2 aliphatic rings. The fourth-order valence-corrected chi connectivity index (χ4v) is 5.46. The molecule has 2 aromatic carbocycles. The van der Waals surface area contributed by atoms with Crippen LogP contribution in [0.15, 0.2) is 42.5 Å². The first kappa shape index (κ1) is 30.4. The number of rotatable bonds is 10. The largest absolute Gasteiger partial charge is 0.503 e. The Bertz CT molecular complexity index is 1100. The molecule has 2 amide bonds. The van der Waals surface area contributed by atoms with Crippen molar-refractivity contribution in [1.29, 1.82) is 0 Å². The highest BCUT2D eigenvalue weighted by atomic mass is 35.5. The number of likely N-dealkylation sites (tertiary alicyclic amines) is 1. The van der Waals surface area contributed by atoms with Crippen molar-refractivity contribution >= 4 is 29.6 Å². The minimum absolute atomic E-state index is 0.0986. The molecular weight excluding hydrogens is 520 g/mol. The predicted octanol–water partition coefficient (Wildman–Crippen LogP) is 6.54. The molecule has 1 aliphatic carbocycles. The standard InChI is InChI=1S/C29H37ClN2O3.CH2O3/c1-21-18-24(8-13-27(21)35-17-16-32-28(33)14-15-29(32)34)20-31(19-23-6-4-3-5-7-23)22(2)25-9-11-26(30)12-10-25;2-1(3)4/h8-13,18,22-23H,3-7,14-17,19-20H2,1-2H3;(H2,2,3,4)/t22-;/m0./s1. The van der Waals surface area contributed by atoms with E-state index in [1.165, 1.54) is 48.1 Å². The lowest BCUT2D eigenvalue weighted by Crippen LogP contribution is -2.33. The summed E-state index contributed by atoms with van der Waals surface area (Å²) in [6.07, 6.45) is 5.48. The maximum absolute atomic E-state index is 11.8. The molecule has 212 valence electrons. The van der Waals surface area contributed by atoms with Crippen molar-refractivity contribution in [2.45, 2.75) is 71.4 Å². The number of carbonyl (C=O) groups excluding carboxylic acids is 2. The van der Waals surface area contributed by atoms with Crippen molar-refractivity contribution in [3.8, 4) is 5.75 Å². The van der Waals surface area contributed by atoms with Crippen LogP contribution in [0.25, 0.3) is 0 Å². The molecule has 1 atom stereocenters. The first-order valence-electron chi connectivity index (χ1n) is 13.6. The summed E-state index contributed by atoms with van der Waals surface area (Å²) in [5.41, 5.74) is 3.61. The monoisotopic (exact) mass is 558 g/mol. The molecule has 9 heteroatoms. The molecule has 0 unspecified atom stereocenters. The van der Waals surface area contributed by atoms with Crippen LogP contribution < -0.4 is 4.74 Å². The summed E-state index contributed by atoms with van der Waals surface area (Å²) in [4.78, 5) is 36.1. The fraction of sp³-hybridized carbons (Fsp3) is 0.500. The van der Waals surface area contributed by atoms with Crippen LogP contribution >= 0.6 is 11.6 Å². The molecule has 1 saturated heterocycles. The van der Waals surface area contributed by atoms with E-state index in [9.17, 15) is 9.59 Å². The molecule has 2 aromatic rings.